The van der Waals surface area contributed by atoms with E-state index >= 15 is 0 Å². The SMILES string of the molecule is COc1ccc(C(=O)N2CC[C@@H]3CNC[C@@H]3CC2)c(OC)c1OC.Cl. The first-order valence-electron chi connectivity index (χ1n) is 8.48. The van der Waals surface area contributed by atoms with Crippen LogP contribution in [0, 0.1) is 11.8 Å². The van der Waals surface area contributed by atoms with Gasteiger partial charge in [0, 0.05) is 13.1 Å². The third kappa shape index (κ3) is 3.80. The Morgan fingerprint density at radius 1 is 1.00 bits per heavy atom. The van der Waals surface area contributed by atoms with Gasteiger partial charge in [-0.15, -0.1) is 12.4 Å². The highest BCUT2D eigenvalue weighted by atomic mass is 35.5. The van der Waals surface area contributed by atoms with Crippen molar-refractivity contribution in [3.63, 3.8) is 0 Å². The number of benzene rings is 1. The molecule has 2 saturated heterocycles. The molecular formula is C18H27ClN2O4. The third-order valence-corrected chi connectivity index (χ3v) is 5.24. The number of carbonyl (C=O) groups is 1. The van der Waals surface area contributed by atoms with Crippen LogP contribution in [-0.2, 0) is 0 Å². The number of hydrogen-bond acceptors (Lipinski definition) is 5. The second-order valence-electron chi connectivity index (χ2n) is 6.43. The number of carbonyl (C=O) groups excluding carboxylic acids is 1. The Balaban J connectivity index is 0.00000225. The molecule has 1 aromatic carbocycles. The average Bonchev–Trinajstić information content (AvgIpc) is 2.98. The van der Waals surface area contributed by atoms with Crippen LogP contribution in [0.25, 0.3) is 0 Å². The normalized spacial score (nSPS) is 22.4. The number of hydrogen-bond donors (Lipinski definition) is 1. The van der Waals surface area contributed by atoms with Gasteiger partial charge in [0.1, 0.15) is 0 Å². The van der Waals surface area contributed by atoms with Gasteiger partial charge < -0.3 is 24.4 Å². The van der Waals surface area contributed by atoms with Crippen LogP contribution in [0.1, 0.15) is 23.2 Å². The van der Waals surface area contributed by atoms with Crippen molar-refractivity contribution in [2.24, 2.45) is 11.8 Å². The number of methoxy groups -OCH3 is 3. The predicted octanol–water partition coefficient (Wildman–Crippen LogP) is 2.21. The molecule has 0 radical (unpaired) electrons. The number of halogens is 1. The third-order valence-electron chi connectivity index (χ3n) is 5.24. The topological polar surface area (TPSA) is 60.0 Å². The molecule has 6 nitrogen and oxygen atoms in total. The van der Waals surface area contributed by atoms with Crippen LogP contribution in [0.15, 0.2) is 12.1 Å². The van der Waals surface area contributed by atoms with Gasteiger partial charge in [-0.1, -0.05) is 0 Å². The van der Waals surface area contributed by atoms with Gasteiger partial charge in [0.2, 0.25) is 5.75 Å². The minimum absolute atomic E-state index is 0. The van der Waals surface area contributed by atoms with Gasteiger partial charge in [-0.25, -0.2) is 0 Å². The summed E-state index contributed by atoms with van der Waals surface area (Å²) in [5.74, 6) is 2.84. The van der Waals surface area contributed by atoms with Crippen molar-refractivity contribution in [3.05, 3.63) is 17.7 Å². The van der Waals surface area contributed by atoms with Crippen molar-refractivity contribution in [2.75, 3.05) is 47.5 Å². The predicted molar refractivity (Wildman–Crippen MR) is 98.3 cm³/mol. The first kappa shape index (κ1) is 19.7. The molecule has 1 amide bonds. The van der Waals surface area contributed by atoms with Gasteiger partial charge in [-0.05, 0) is 49.9 Å². The lowest BCUT2D eigenvalue weighted by molar-refractivity contribution is 0.0754. The van der Waals surface area contributed by atoms with E-state index in [-0.39, 0.29) is 18.3 Å². The molecule has 2 heterocycles. The molecule has 140 valence electrons. The summed E-state index contributed by atoms with van der Waals surface area (Å²) in [4.78, 5) is 15.0. The van der Waals surface area contributed by atoms with Crippen LogP contribution < -0.4 is 19.5 Å². The Labute approximate surface area is 155 Å². The molecule has 0 spiro atoms. The van der Waals surface area contributed by atoms with E-state index in [2.05, 4.69) is 5.32 Å². The van der Waals surface area contributed by atoms with Gasteiger partial charge in [0.25, 0.3) is 5.91 Å². The first-order valence-corrected chi connectivity index (χ1v) is 8.48. The fourth-order valence-corrected chi connectivity index (χ4v) is 3.86. The van der Waals surface area contributed by atoms with Crippen LogP contribution >= 0.6 is 12.4 Å². The molecule has 7 heteroatoms. The standard InChI is InChI=1S/C18H26N2O4.ClH/c1-22-15-5-4-14(16(23-2)17(15)24-3)18(21)20-8-6-12-10-19-11-13(12)7-9-20;/h4-5,12-13,19H,6-11H2,1-3H3;1H/t12-,13+;. The van der Waals surface area contributed by atoms with Gasteiger partial charge in [-0.3, -0.25) is 4.79 Å². The summed E-state index contributed by atoms with van der Waals surface area (Å²) in [6.45, 7) is 3.73. The Hall–Kier alpha value is -1.66. The molecule has 2 aliphatic rings. The second-order valence-corrected chi connectivity index (χ2v) is 6.43. The lowest BCUT2D eigenvalue weighted by atomic mass is 9.92. The fraction of sp³-hybridized carbons (Fsp3) is 0.611. The fourth-order valence-electron chi connectivity index (χ4n) is 3.86. The van der Waals surface area contributed by atoms with E-state index in [9.17, 15) is 4.79 Å². The van der Waals surface area contributed by atoms with E-state index in [1.54, 1.807) is 33.5 Å². The highest BCUT2D eigenvalue weighted by Gasteiger charge is 2.33. The molecule has 25 heavy (non-hydrogen) atoms. The number of likely N-dealkylation sites (tertiary alicyclic amines) is 1. The summed E-state index contributed by atoms with van der Waals surface area (Å²) < 4.78 is 16.2. The zero-order valence-corrected chi connectivity index (χ0v) is 15.9. The highest BCUT2D eigenvalue weighted by molar-refractivity contribution is 5.98. The number of ether oxygens (including phenoxy) is 3. The molecule has 0 bridgehead atoms. The van der Waals surface area contributed by atoms with Crippen LogP contribution in [0.3, 0.4) is 0 Å². The van der Waals surface area contributed by atoms with Crippen LogP contribution in [0.5, 0.6) is 17.2 Å². The summed E-state index contributed by atoms with van der Waals surface area (Å²) in [5, 5.41) is 3.46. The quantitative estimate of drug-likeness (QED) is 0.880. The van der Waals surface area contributed by atoms with E-state index in [0.29, 0.717) is 34.6 Å². The first-order chi connectivity index (χ1) is 11.7. The smallest absolute Gasteiger partial charge is 0.257 e. The molecule has 2 fully saturated rings. The molecule has 1 aromatic rings. The maximum Gasteiger partial charge on any atom is 0.257 e. The number of nitrogens with zero attached hydrogens (tertiary/aromatic N) is 1. The molecule has 2 atom stereocenters. The highest BCUT2D eigenvalue weighted by Crippen LogP contribution is 2.40. The Kier molecular flexibility index (Phi) is 6.79. The van der Waals surface area contributed by atoms with Crippen molar-refractivity contribution < 1.29 is 19.0 Å². The van der Waals surface area contributed by atoms with E-state index in [4.69, 9.17) is 14.2 Å². The van der Waals surface area contributed by atoms with E-state index < -0.39 is 0 Å². The molecule has 1 N–H and O–H groups in total. The maximum absolute atomic E-state index is 13.1. The summed E-state index contributed by atoms with van der Waals surface area (Å²) in [6, 6.07) is 3.51. The van der Waals surface area contributed by atoms with Gasteiger partial charge in [-0.2, -0.15) is 0 Å². The molecule has 0 unspecified atom stereocenters. The summed E-state index contributed by atoms with van der Waals surface area (Å²) in [6.07, 6.45) is 2.11. The second kappa shape index (κ2) is 8.63. The molecule has 3 rings (SSSR count). The largest absolute Gasteiger partial charge is 0.493 e. The maximum atomic E-state index is 13.1. The Bertz CT molecular complexity index is 597. The lowest BCUT2D eigenvalue weighted by Crippen LogP contribution is -2.33. The zero-order valence-electron chi connectivity index (χ0n) is 15.0. The minimum atomic E-state index is 0. The Morgan fingerprint density at radius 2 is 1.60 bits per heavy atom. The van der Waals surface area contributed by atoms with E-state index in [1.165, 1.54) is 0 Å². The monoisotopic (exact) mass is 370 g/mol. The van der Waals surface area contributed by atoms with Gasteiger partial charge in [0.05, 0.1) is 26.9 Å². The van der Waals surface area contributed by atoms with Crippen molar-refractivity contribution in [2.45, 2.75) is 12.8 Å². The molecule has 0 aliphatic carbocycles. The van der Waals surface area contributed by atoms with Crippen molar-refractivity contribution >= 4 is 18.3 Å². The average molecular weight is 371 g/mol. The zero-order chi connectivity index (χ0) is 17.1. The summed E-state index contributed by atoms with van der Waals surface area (Å²) in [7, 11) is 4.67. The van der Waals surface area contributed by atoms with E-state index in [1.807, 2.05) is 4.90 Å². The molecule has 0 aromatic heterocycles. The van der Waals surface area contributed by atoms with Gasteiger partial charge in [0.15, 0.2) is 11.5 Å². The molecule has 0 saturated carbocycles. The van der Waals surface area contributed by atoms with Gasteiger partial charge >= 0.3 is 0 Å². The number of amides is 1. The molecular weight excluding hydrogens is 344 g/mol. The minimum Gasteiger partial charge on any atom is -0.493 e. The van der Waals surface area contributed by atoms with Crippen molar-refractivity contribution in [3.8, 4) is 17.2 Å². The summed E-state index contributed by atoms with van der Waals surface area (Å²) in [5.41, 5.74) is 0.528. The van der Waals surface area contributed by atoms with Crippen LogP contribution in [0.2, 0.25) is 0 Å². The molecule has 2 aliphatic heterocycles. The lowest BCUT2D eigenvalue weighted by Gasteiger charge is -2.23. The number of fused-ring (bicyclic) bond motifs is 1. The number of nitrogens with one attached hydrogen (secondary N) is 1. The van der Waals surface area contributed by atoms with Crippen LogP contribution in [-0.4, -0.2) is 58.3 Å². The van der Waals surface area contributed by atoms with E-state index in [0.717, 1.165) is 39.0 Å². The summed E-state index contributed by atoms with van der Waals surface area (Å²) >= 11 is 0. The van der Waals surface area contributed by atoms with Crippen molar-refractivity contribution in [1.29, 1.82) is 0 Å². The Morgan fingerprint density at radius 3 is 2.12 bits per heavy atom. The van der Waals surface area contributed by atoms with Crippen LogP contribution in [0.4, 0.5) is 0 Å². The van der Waals surface area contributed by atoms with Crippen molar-refractivity contribution in [1.82, 2.24) is 10.2 Å². The number of rotatable bonds is 4.